The third kappa shape index (κ3) is 3.32. The van der Waals surface area contributed by atoms with Crippen LogP contribution in [-0.4, -0.2) is 17.1 Å². The second-order valence-corrected chi connectivity index (χ2v) is 5.00. The number of unbranched alkanes of at least 4 members (excludes halogenated alkanes) is 1. The van der Waals surface area contributed by atoms with Crippen molar-refractivity contribution in [3.63, 3.8) is 0 Å². The van der Waals surface area contributed by atoms with E-state index in [4.69, 9.17) is 5.26 Å². The normalized spacial score (nSPS) is 11.8. The molecule has 0 aliphatic heterocycles. The van der Waals surface area contributed by atoms with Crippen LogP contribution in [0.4, 0.5) is 5.69 Å². The van der Waals surface area contributed by atoms with Crippen molar-refractivity contribution in [2.45, 2.75) is 32.2 Å². The van der Waals surface area contributed by atoms with Crippen molar-refractivity contribution in [2.75, 3.05) is 5.32 Å². The zero-order chi connectivity index (χ0) is 15.2. The Morgan fingerprint density at radius 3 is 2.62 bits per heavy atom. The molecule has 1 atom stereocenters. The third-order valence-electron chi connectivity index (χ3n) is 3.52. The van der Waals surface area contributed by atoms with Crippen LogP contribution in [0, 0.1) is 11.3 Å². The molecule has 2 aromatic rings. The highest BCUT2D eigenvalue weighted by atomic mass is 16.4. The SMILES string of the molecule is CCCCC(Nc1ccc(C#N)c2ccccc12)C(=O)O. The third-order valence-corrected chi connectivity index (χ3v) is 3.52. The van der Waals surface area contributed by atoms with Gasteiger partial charge < -0.3 is 10.4 Å². The van der Waals surface area contributed by atoms with Crippen LogP contribution in [0.3, 0.4) is 0 Å². The molecule has 0 aliphatic rings. The molecule has 4 heteroatoms. The van der Waals surface area contributed by atoms with Gasteiger partial charge in [0.1, 0.15) is 6.04 Å². The van der Waals surface area contributed by atoms with Crippen LogP contribution in [0.2, 0.25) is 0 Å². The van der Waals surface area contributed by atoms with E-state index in [2.05, 4.69) is 11.4 Å². The van der Waals surface area contributed by atoms with Crippen molar-refractivity contribution in [1.29, 1.82) is 5.26 Å². The Morgan fingerprint density at radius 2 is 2.00 bits per heavy atom. The second-order valence-electron chi connectivity index (χ2n) is 5.00. The number of hydrogen-bond acceptors (Lipinski definition) is 3. The summed E-state index contributed by atoms with van der Waals surface area (Å²) in [4.78, 5) is 11.4. The van der Waals surface area contributed by atoms with Crippen molar-refractivity contribution in [2.24, 2.45) is 0 Å². The van der Waals surface area contributed by atoms with E-state index in [-0.39, 0.29) is 0 Å². The van der Waals surface area contributed by atoms with Gasteiger partial charge >= 0.3 is 5.97 Å². The molecule has 21 heavy (non-hydrogen) atoms. The summed E-state index contributed by atoms with van der Waals surface area (Å²) in [7, 11) is 0. The van der Waals surface area contributed by atoms with Crippen LogP contribution in [0.5, 0.6) is 0 Å². The van der Waals surface area contributed by atoms with Crippen LogP contribution < -0.4 is 5.32 Å². The van der Waals surface area contributed by atoms with E-state index in [9.17, 15) is 9.90 Å². The summed E-state index contributed by atoms with van der Waals surface area (Å²) in [5.74, 6) is -0.850. The highest BCUT2D eigenvalue weighted by Crippen LogP contribution is 2.27. The van der Waals surface area contributed by atoms with Crippen molar-refractivity contribution >= 4 is 22.4 Å². The molecule has 0 amide bonds. The molecule has 0 saturated heterocycles. The molecule has 0 saturated carbocycles. The summed E-state index contributed by atoms with van der Waals surface area (Å²) in [6, 6.07) is 12.6. The topological polar surface area (TPSA) is 73.1 Å². The fraction of sp³-hybridized carbons (Fsp3) is 0.294. The van der Waals surface area contributed by atoms with Crippen LogP contribution in [-0.2, 0) is 4.79 Å². The Hall–Kier alpha value is -2.54. The van der Waals surface area contributed by atoms with Crippen molar-refractivity contribution < 1.29 is 9.90 Å². The first-order valence-electron chi connectivity index (χ1n) is 7.08. The van der Waals surface area contributed by atoms with E-state index in [1.54, 1.807) is 12.1 Å². The zero-order valence-corrected chi connectivity index (χ0v) is 12.0. The Labute approximate surface area is 124 Å². The first-order valence-corrected chi connectivity index (χ1v) is 7.08. The van der Waals surface area contributed by atoms with Crippen LogP contribution >= 0.6 is 0 Å². The van der Waals surface area contributed by atoms with Crippen molar-refractivity contribution in [1.82, 2.24) is 0 Å². The summed E-state index contributed by atoms with van der Waals surface area (Å²) < 4.78 is 0. The largest absolute Gasteiger partial charge is 0.480 e. The maximum Gasteiger partial charge on any atom is 0.326 e. The average Bonchev–Trinajstić information content (AvgIpc) is 2.51. The minimum absolute atomic E-state index is 0.583. The first kappa shape index (κ1) is 14.9. The summed E-state index contributed by atoms with van der Waals surface area (Å²) >= 11 is 0. The van der Waals surface area contributed by atoms with E-state index in [0.717, 1.165) is 29.3 Å². The summed E-state index contributed by atoms with van der Waals surface area (Å²) in [5, 5.41) is 23.3. The second kappa shape index (κ2) is 6.76. The highest BCUT2D eigenvalue weighted by molar-refractivity contribution is 5.98. The van der Waals surface area contributed by atoms with Gasteiger partial charge in [-0.1, -0.05) is 44.0 Å². The summed E-state index contributed by atoms with van der Waals surface area (Å²) in [6.45, 7) is 2.04. The Balaban J connectivity index is 2.38. The predicted octanol–water partition coefficient (Wildman–Crippen LogP) is 3.77. The highest BCUT2D eigenvalue weighted by Gasteiger charge is 2.17. The predicted molar refractivity (Wildman–Crippen MR) is 83.2 cm³/mol. The Kier molecular flexibility index (Phi) is 4.78. The molecule has 2 aromatic carbocycles. The van der Waals surface area contributed by atoms with Gasteiger partial charge in [-0.05, 0) is 18.6 Å². The zero-order valence-electron chi connectivity index (χ0n) is 12.0. The quantitative estimate of drug-likeness (QED) is 0.846. The van der Waals surface area contributed by atoms with Crippen LogP contribution in [0.15, 0.2) is 36.4 Å². The molecular formula is C17H18N2O2. The molecule has 0 aromatic heterocycles. The number of carbonyl (C=O) groups is 1. The number of nitriles is 1. The maximum absolute atomic E-state index is 11.4. The molecule has 1 unspecified atom stereocenters. The average molecular weight is 282 g/mol. The molecule has 2 rings (SSSR count). The number of aliphatic carboxylic acids is 1. The van der Waals surface area contributed by atoms with Gasteiger partial charge in [0.25, 0.3) is 0 Å². The molecule has 4 nitrogen and oxygen atoms in total. The van der Waals surface area contributed by atoms with Crippen molar-refractivity contribution in [3.8, 4) is 6.07 Å². The summed E-state index contributed by atoms with van der Waals surface area (Å²) in [6.07, 6.45) is 2.40. The number of anilines is 1. The number of fused-ring (bicyclic) bond motifs is 1. The van der Waals surface area contributed by atoms with E-state index < -0.39 is 12.0 Å². The van der Waals surface area contributed by atoms with Crippen molar-refractivity contribution in [3.05, 3.63) is 42.0 Å². The molecule has 0 aliphatic carbocycles. The standard InChI is InChI=1S/C17H18N2O2/c1-2-3-8-16(17(20)21)19-15-10-9-12(11-18)13-6-4-5-7-14(13)15/h4-7,9-10,16,19H,2-3,8H2,1H3,(H,20,21). The van der Waals surface area contributed by atoms with E-state index in [0.29, 0.717) is 12.0 Å². The molecular weight excluding hydrogens is 264 g/mol. The van der Waals surface area contributed by atoms with Gasteiger partial charge in [-0.3, -0.25) is 0 Å². The molecule has 2 N–H and O–H groups in total. The van der Waals surface area contributed by atoms with E-state index in [1.807, 2.05) is 31.2 Å². The number of nitrogens with one attached hydrogen (secondary N) is 1. The van der Waals surface area contributed by atoms with Gasteiger partial charge in [0.05, 0.1) is 11.6 Å². The Morgan fingerprint density at radius 1 is 1.29 bits per heavy atom. The monoisotopic (exact) mass is 282 g/mol. The number of nitrogens with zero attached hydrogens (tertiary/aromatic N) is 1. The number of carboxylic acids is 1. The summed E-state index contributed by atoms with van der Waals surface area (Å²) in [5.41, 5.74) is 1.35. The van der Waals surface area contributed by atoms with Gasteiger partial charge in [0, 0.05) is 16.5 Å². The van der Waals surface area contributed by atoms with Gasteiger partial charge in [-0.25, -0.2) is 4.79 Å². The molecule has 108 valence electrons. The molecule has 0 spiro atoms. The number of hydrogen-bond donors (Lipinski definition) is 2. The van der Waals surface area contributed by atoms with Crippen LogP contribution in [0.1, 0.15) is 31.7 Å². The molecule has 0 heterocycles. The van der Waals surface area contributed by atoms with E-state index in [1.165, 1.54) is 0 Å². The fourth-order valence-corrected chi connectivity index (χ4v) is 2.38. The maximum atomic E-state index is 11.4. The molecule has 0 fully saturated rings. The van der Waals surface area contributed by atoms with Gasteiger partial charge in [-0.15, -0.1) is 0 Å². The van der Waals surface area contributed by atoms with Crippen LogP contribution in [0.25, 0.3) is 10.8 Å². The molecule has 0 bridgehead atoms. The van der Waals surface area contributed by atoms with E-state index >= 15 is 0 Å². The first-order chi connectivity index (χ1) is 10.2. The lowest BCUT2D eigenvalue weighted by Crippen LogP contribution is -2.29. The fourth-order valence-electron chi connectivity index (χ4n) is 2.38. The minimum atomic E-state index is -0.850. The number of carboxylic acid groups (broad SMARTS) is 1. The number of rotatable bonds is 6. The lowest BCUT2D eigenvalue weighted by molar-refractivity contribution is -0.138. The molecule has 0 radical (unpaired) electrons. The van der Waals surface area contributed by atoms with Gasteiger partial charge in [-0.2, -0.15) is 5.26 Å². The lowest BCUT2D eigenvalue weighted by atomic mass is 10.0. The minimum Gasteiger partial charge on any atom is -0.480 e. The Bertz CT molecular complexity index is 689. The number of benzene rings is 2. The smallest absolute Gasteiger partial charge is 0.326 e. The van der Waals surface area contributed by atoms with Gasteiger partial charge in [0.15, 0.2) is 0 Å². The lowest BCUT2D eigenvalue weighted by Gasteiger charge is -2.17. The van der Waals surface area contributed by atoms with Gasteiger partial charge in [0.2, 0.25) is 0 Å².